The number of carbonyl (C=O) groups is 1. The van der Waals surface area contributed by atoms with Gasteiger partial charge in [0.1, 0.15) is 6.04 Å². The molecule has 1 heterocycles. The average molecular weight is 473 g/mol. The number of halogens is 2. The number of nitrogens with two attached hydrogens (primary N) is 1. The number of benzene rings is 2. The lowest BCUT2D eigenvalue weighted by atomic mass is 9.77. The van der Waals surface area contributed by atoms with E-state index in [0.717, 1.165) is 41.0 Å². The van der Waals surface area contributed by atoms with Crippen molar-refractivity contribution in [3.8, 4) is 22.6 Å². The molecule has 0 saturated heterocycles. The molecular formula is C21H26Cl2N2O4S. The van der Waals surface area contributed by atoms with Crippen molar-refractivity contribution in [1.82, 2.24) is 4.90 Å². The Hall–Kier alpha value is -1.64. The molecule has 9 heteroatoms. The summed E-state index contributed by atoms with van der Waals surface area (Å²) >= 11 is 1.44. The molecule has 0 saturated carbocycles. The van der Waals surface area contributed by atoms with Gasteiger partial charge in [0.25, 0.3) is 0 Å². The minimum atomic E-state index is -0.999. The molecule has 2 aromatic rings. The highest BCUT2D eigenvalue weighted by molar-refractivity contribution is 7.99. The van der Waals surface area contributed by atoms with Crippen molar-refractivity contribution in [2.75, 3.05) is 26.5 Å². The maximum Gasteiger partial charge on any atom is 0.321 e. The number of hydrogen-bond acceptors (Lipinski definition) is 6. The zero-order valence-corrected chi connectivity index (χ0v) is 19.2. The molecule has 0 unspecified atom stereocenters. The summed E-state index contributed by atoms with van der Waals surface area (Å²) in [6.45, 7) is 0.970. The van der Waals surface area contributed by atoms with E-state index in [1.54, 1.807) is 7.11 Å². The largest absolute Gasteiger partial charge is 0.504 e. The van der Waals surface area contributed by atoms with Crippen LogP contribution in [-0.4, -0.2) is 53.6 Å². The number of methoxy groups -OCH3 is 1. The van der Waals surface area contributed by atoms with Gasteiger partial charge in [-0.05, 0) is 60.3 Å². The lowest BCUT2D eigenvalue weighted by Gasteiger charge is -2.40. The number of nitrogens with zero attached hydrogens (tertiary/aromatic N) is 1. The van der Waals surface area contributed by atoms with Crippen molar-refractivity contribution >= 4 is 42.5 Å². The van der Waals surface area contributed by atoms with Crippen LogP contribution in [0.25, 0.3) is 11.1 Å². The van der Waals surface area contributed by atoms with Crippen molar-refractivity contribution in [2.45, 2.75) is 29.8 Å². The molecule has 30 heavy (non-hydrogen) atoms. The molecule has 0 spiro atoms. The number of carboxylic acid groups (broad SMARTS) is 1. The van der Waals surface area contributed by atoms with E-state index in [-0.39, 0.29) is 36.6 Å². The summed E-state index contributed by atoms with van der Waals surface area (Å²) < 4.78 is 5.33. The van der Waals surface area contributed by atoms with Crippen LogP contribution in [0, 0.1) is 0 Å². The number of fused-ring (bicyclic) bond motifs is 2. The highest BCUT2D eigenvalue weighted by Crippen LogP contribution is 2.51. The van der Waals surface area contributed by atoms with Crippen molar-refractivity contribution in [2.24, 2.45) is 5.73 Å². The Morgan fingerprint density at radius 2 is 2.07 bits per heavy atom. The lowest BCUT2D eigenvalue weighted by molar-refractivity contribution is -0.137. The van der Waals surface area contributed by atoms with Gasteiger partial charge < -0.3 is 20.7 Å². The summed E-state index contributed by atoms with van der Waals surface area (Å²) in [6, 6.07) is 7.42. The summed E-state index contributed by atoms with van der Waals surface area (Å²) in [4.78, 5) is 14.4. The Balaban J connectivity index is 0.00000160. The smallest absolute Gasteiger partial charge is 0.321 e. The van der Waals surface area contributed by atoms with Crippen LogP contribution in [0.2, 0.25) is 0 Å². The maximum atomic E-state index is 11.1. The number of rotatable bonds is 5. The minimum Gasteiger partial charge on any atom is -0.504 e. The van der Waals surface area contributed by atoms with Gasteiger partial charge in [0.15, 0.2) is 11.5 Å². The predicted molar refractivity (Wildman–Crippen MR) is 124 cm³/mol. The fourth-order valence-corrected chi connectivity index (χ4v) is 5.16. The first-order valence-electron chi connectivity index (χ1n) is 9.28. The van der Waals surface area contributed by atoms with Gasteiger partial charge in [0, 0.05) is 28.8 Å². The van der Waals surface area contributed by atoms with E-state index >= 15 is 0 Å². The van der Waals surface area contributed by atoms with Crippen LogP contribution >= 0.6 is 36.6 Å². The molecule has 0 bridgehead atoms. The third-order valence-electron chi connectivity index (χ3n) is 5.71. The number of phenolic OH excluding ortho intramolecular Hbond substituents is 1. The van der Waals surface area contributed by atoms with Crippen LogP contribution in [0.3, 0.4) is 0 Å². The van der Waals surface area contributed by atoms with E-state index in [1.807, 2.05) is 12.1 Å². The van der Waals surface area contributed by atoms with Crippen molar-refractivity contribution in [3.05, 3.63) is 41.0 Å². The number of thioether (sulfide) groups is 1. The molecule has 2 atom stereocenters. The summed E-state index contributed by atoms with van der Waals surface area (Å²) in [5.74, 6) is -0.0750. The number of ether oxygens (including phenoxy) is 1. The highest BCUT2D eigenvalue weighted by Gasteiger charge is 2.35. The molecule has 0 aromatic heterocycles. The summed E-state index contributed by atoms with van der Waals surface area (Å²) in [5.41, 5.74) is 11.1. The SMILES string of the molecule is COc1ccc2c(c1O)-c1cc(SC[C@@H](N)C(=O)O)cc3c1[C@@H](C2)N(C)CC3.Cl.Cl. The van der Waals surface area contributed by atoms with Gasteiger partial charge in [-0.15, -0.1) is 36.6 Å². The van der Waals surface area contributed by atoms with E-state index in [0.29, 0.717) is 11.5 Å². The molecule has 164 valence electrons. The van der Waals surface area contributed by atoms with Crippen LogP contribution in [0.15, 0.2) is 29.2 Å². The molecule has 4 N–H and O–H groups in total. The zero-order chi connectivity index (χ0) is 20.0. The van der Waals surface area contributed by atoms with Gasteiger partial charge in [-0.2, -0.15) is 0 Å². The Kier molecular flexibility index (Phi) is 7.93. The average Bonchev–Trinajstić information content (AvgIpc) is 2.68. The first-order valence-corrected chi connectivity index (χ1v) is 10.3. The Labute approximate surface area is 192 Å². The molecular weight excluding hydrogens is 447 g/mol. The third kappa shape index (κ3) is 4.22. The zero-order valence-electron chi connectivity index (χ0n) is 16.8. The van der Waals surface area contributed by atoms with Crippen LogP contribution in [0.1, 0.15) is 22.7 Å². The monoisotopic (exact) mass is 472 g/mol. The fraction of sp³-hybridized carbons (Fsp3) is 0.381. The normalized spacial score (nSPS) is 17.6. The second kappa shape index (κ2) is 9.66. The molecule has 1 aliphatic heterocycles. The lowest BCUT2D eigenvalue weighted by Crippen LogP contribution is -2.35. The van der Waals surface area contributed by atoms with E-state index in [1.165, 1.54) is 22.9 Å². The van der Waals surface area contributed by atoms with Crippen LogP contribution < -0.4 is 10.5 Å². The van der Waals surface area contributed by atoms with Gasteiger partial charge in [-0.25, -0.2) is 0 Å². The van der Waals surface area contributed by atoms with Crippen LogP contribution in [0.4, 0.5) is 0 Å². The van der Waals surface area contributed by atoms with E-state index in [2.05, 4.69) is 24.1 Å². The molecule has 2 aliphatic rings. The minimum absolute atomic E-state index is 0. The molecule has 2 aromatic carbocycles. The Bertz CT molecular complexity index is 957. The number of aliphatic carboxylic acids is 1. The summed E-state index contributed by atoms with van der Waals surface area (Å²) in [7, 11) is 3.69. The summed E-state index contributed by atoms with van der Waals surface area (Å²) in [6.07, 6.45) is 1.77. The first kappa shape index (κ1) is 24.6. The molecule has 1 aliphatic carbocycles. The van der Waals surface area contributed by atoms with Gasteiger partial charge in [-0.3, -0.25) is 9.69 Å². The van der Waals surface area contributed by atoms with E-state index in [4.69, 9.17) is 15.6 Å². The second-order valence-corrected chi connectivity index (χ2v) is 8.49. The van der Waals surface area contributed by atoms with Gasteiger partial charge in [-0.1, -0.05) is 6.07 Å². The standard InChI is InChI=1S/C21H24N2O4S.2ClH/c1-23-6-5-12-7-13(28-10-15(22)21(25)26)9-14-18(12)16(23)8-11-3-4-17(27-2)20(24)19(11)14;;/h3-4,7,9,15-16,24H,5-6,8,10,22H2,1-2H3,(H,25,26);2*1H/t15-,16-;;/m1../s1. The number of likely N-dealkylation sites (N-methyl/N-ethyl adjacent to an activating group) is 1. The third-order valence-corrected chi connectivity index (χ3v) is 6.81. The van der Waals surface area contributed by atoms with Crippen molar-refractivity contribution < 1.29 is 19.7 Å². The highest BCUT2D eigenvalue weighted by atomic mass is 35.5. The predicted octanol–water partition coefficient (Wildman–Crippen LogP) is 3.50. The Morgan fingerprint density at radius 3 is 2.73 bits per heavy atom. The van der Waals surface area contributed by atoms with Gasteiger partial charge >= 0.3 is 5.97 Å². The van der Waals surface area contributed by atoms with Crippen molar-refractivity contribution in [1.29, 1.82) is 0 Å². The maximum absolute atomic E-state index is 11.1. The number of aromatic hydroxyl groups is 1. The summed E-state index contributed by atoms with van der Waals surface area (Å²) in [5, 5.41) is 19.9. The Morgan fingerprint density at radius 1 is 1.33 bits per heavy atom. The molecule has 0 fully saturated rings. The number of hydrogen-bond donors (Lipinski definition) is 3. The molecule has 6 nitrogen and oxygen atoms in total. The van der Waals surface area contributed by atoms with E-state index in [9.17, 15) is 9.90 Å². The first-order chi connectivity index (χ1) is 13.4. The van der Waals surface area contributed by atoms with Gasteiger partial charge in [0.05, 0.1) is 7.11 Å². The topological polar surface area (TPSA) is 96.0 Å². The quantitative estimate of drug-likeness (QED) is 0.572. The molecule has 0 amide bonds. The van der Waals surface area contributed by atoms with E-state index < -0.39 is 12.0 Å². The van der Waals surface area contributed by atoms with Crippen LogP contribution in [-0.2, 0) is 17.6 Å². The number of carboxylic acids is 1. The number of phenols is 1. The fourth-order valence-electron chi connectivity index (χ4n) is 4.22. The van der Waals surface area contributed by atoms with Crippen molar-refractivity contribution in [3.63, 3.8) is 0 Å². The van der Waals surface area contributed by atoms with Crippen LogP contribution in [0.5, 0.6) is 11.5 Å². The second-order valence-electron chi connectivity index (χ2n) is 7.40. The molecule has 0 radical (unpaired) electrons. The van der Waals surface area contributed by atoms with Gasteiger partial charge in [0.2, 0.25) is 0 Å². The molecule has 4 rings (SSSR count).